The fourth-order valence-corrected chi connectivity index (χ4v) is 1.65. The summed E-state index contributed by atoms with van der Waals surface area (Å²) in [4.78, 5) is 8.33. The van der Waals surface area contributed by atoms with Crippen LogP contribution in [0.25, 0.3) is 0 Å². The lowest BCUT2D eigenvalue weighted by molar-refractivity contribution is 0.177. The highest BCUT2D eigenvalue weighted by Crippen LogP contribution is 2.29. The Balaban J connectivity index is 2.31. The number of hydrogen-bond donors (Lipinski definition) is 1. The Kier molecular flexibility index (Phi) is 2.24. The first-order valence-corrected chi connectivity index (χ1v) is 4.42. The maximum atomic E-state index is 5.75. The molecule has 0 radical (unpaired) electrons. The fraction of sp³-hybridized carbons (Fsp3) is 0.556. The highest BCUT2D eigenvalue weighted by molar-refractivity contribution is 5.15. The molecule has 1 fully saturated rings. The van der Waals surface area contributed by atoms with Crippen LogP contribution in [0.3, 0.4) is 0 Å². The minimum atomic E-state index is -0.0890. The molecule has 1 aromatic heterocycles. The van der Waals surface area contributed by atoms with Crippen molar-refractivity contribution in [3.05, 3.63) is 24.3 Å². The molecule has 1 aromatic rings. The standard InChI is InChI=1S/C9H13N3O/c10-6-9(1-4-13-7-9)8-5-11-2-3-12-8/h2-3,5H,1,4,6-7,10H2. The average Bonchev–Trinajstić information content (AvgIpc) is 2.69. The van der Waals surface area contributed by atoms with E-state index in [1.54, 1.807) is 18.6 Å². The van der Waals surface area contributed by atoms with Crippen LogP contribution in [0.15, 0.2) is 18.6 Å². The summed E-state index contributed by atoms with van der Waals surface area (Å²) in [5, 5.41) is 0. The molecule has 2 rings (SSSR count). The van der Waals surface area contributed by atoms with Crippen molar-refractivity contribution >= 4 is 0 Å². The molecule has 0 amide bonds. The zero-order chi connectivity index (χ0) is 9.15. The van der Waals surface area contributed by atoms with E-state index in [-0.39, 0.29) is 5.41 Å². The molecular formula is C9H13N3O. The van der Waals surface area contributed by atoms with Crippen LogP contribution >= 0.6 is 0 Å². The largest absolute Gasteiger partial charge is 0.380 e. The third-order valence-electron chi connectivity index (χ3n) is 2.60. The van der Waals surface area contributed by atoms with E-state index in [0.29, 0.717) is 13.2 Å². The van der Waals surface area contributed by atoms with Gasteiger partial charge in [-0.1, -0.05) is 0 Å². The number of ether oxygens (including phenoxy) is 1. The molecule has 70 valence electrons. The van der Waals surface area contributed by atoms with E-state index in [0.717, 1.165) is 18.7 Å². The molecule has 0 bridgehead atoms. The highest BCUT2D eigenvalue weighted by atomic mass is 16.5. The normalized spacial score (nSPS) is 27.8. The Hall–Kier alpha value is -1.00. The zero-order valence-electron chi connectivity index (χ0n) is 7.44. The quantitative estimate of drug-likeness (QED) is 0.699. The van der Waals surface area contributed by atoms with Gasteiger partial charge in [-0.15, -0.1) is 0 Å². The molecule has 1 aliphatic rings. The molecule has 13 heavy (non-hydrogen) atoms. The van der Waals surface area contributed by atoms with Crippen LogP contribution in [0.5, 0.6) is 0 Å². The summed E-state index contributed by atoms with van der Waals surface area (Å²) in [6, 6.07) is 0. The van der Waals surface area contributed by atoms with Gasteiger partial charge in [0.2, 0.25) is 0 Å². The zero-order valence-corrected chi connectivity index (χ0v) is 7.44. The Morgan fingerprint density at radius 1 is 1.54 bits per heavy atom. The van der Waals surface area contributed by atoms with Crippen molar-refractivity contribution in [3.63, 3.8) is 0 Å². The van der Waals surface area contributed by atoms with Gasteiger partial charge in [-0.2, -0.15) is 0 Å². The Labute approximate surface area is 77.1 Å². The lowest BCUT2D eigenvalue weighted by Gasteiger charge is -2.23. The van der Waals surface area contributed by atoms with Crippen LogP contribution < -0.4 is 5.73 Å². The van der Waals surface area contributed by atoms with Crippen LogP contribution in [-0.4, -0.2) is 29.7 Å². The molecule has 2 N–H and O–H groups in total. The fourth-order valence-electron chi connectivity index (χ4n) is 1.65. The number of nitrogens with two attached hydrogens (primary N) is 1. The summed E-state index contributed by atoms with van der Waals surface area (Å²) >= 11 is 0. The van der Waals surface area contributed by atoms with Crippen LogP contribution in [-0.2, 0) is 10.2 Å². The van der Waals surface area contributed by atoms with Gasteiger partial charge in [0, 0.05) is 31.7 Å². The second-order valence-corrected chi connectivity index (χ2v) is 3.38. The SMILES string of the molecule is NCC1(c2cnccn2)CCOC1. The number of hydrogen-bond acceptors (Lipinski definition) is 4. The van der Waals surface area contributed by atoms with E-state index in [2.05, 4.69) is 9.97 Å². The number of aromatic nitrogens is 2. The molecule has 0 spiro atoms. The first kappa shape index (κ1) is 8.59. The van der Waals surface area contributed by atoms with Gasteiger partial charge >= 0.3 is 0 Å². The highest BCUT2D eigenvalue weighted by Gasteiger charge is 2.36. The summed E-state index contributed by atoms with van der Waals surface area (Å²) in [5.41, 5.74) is 6.62. The van der Waals surface area contributed by atoms with Gasteiger partial charge in [0.25, 0.3) is 0 Å². The maximum Gasteiger partial charge on any atom is 0.0684 e. The van der Waals surface area contributed by atoms with Crippen molar-refractivity contribution in [2.75, 3.05) is 19.8 Å². The summed E-state index contributed by atoms with van der Waals surface area (Å²) in [6.07, 6.45) is 6.10. The van der Waals surface area contributed by atoms with E-state index in [9.17, 15) is 0 Å². The second-order valence-electron chi connectivity index (χ2n) is 3.38. The predicted octanol–water partition coefficient (Wildman–Crippen LogP) is 0.0934. The maximum absolute atomic E-state index is 5.75. The lowest BCUT2D eigenvalue weighted by atomic mass is 9.84. The van der Waals surface area contributed by atoms with Crippen LogP contribution in [0.1, 0.15) is 12.1 Å². The molecular weight excluding hydrogens is 166 g/mol. The van der Waals surface area contributed by atoms with E-state index in [1.807, 2.05) is 0 Å². The van der Waals surface area contributed by atoms with Gasteiger partial charge in [-0.05, 0) is 6.42 Å². The topological polar surface area (TPSA) is 61.0 Å². The van der Waals surface area contributed by atoms with Gasteiger partial charge < -0.3 is 10.5 Å². The molecule has 4 nitrogen and oxygen atoms in total. The van der Waals surface area contributed by atoms with Gasteiger partial charge in [-0.25, -0.2) is 0 Å². The van der Waals surface area contributed by atoms with Crippen LogP contribution in [0, 0.1) is 0 Å². The monoisotopic (exact) mass is 179 g/mol. The third kappa shape index (κ3) is 1.43. The number of nitrogens with zero attached hydrogens (tertiary/aromatic N) is 2. The average molecular weight is 179 g/mol. The molecule has 0 aromatic carbocycles. The van der Waals surface area contributed by atoms with Gasteiger partial charge in [0.15, 0.2) is 0 Å². The second kappa shape index (κ2) is 3.40. The van der Waals surface area contributed by atoms with Crippen molar-refractivity contribution in [1.82, 2.24) is 9.97 Å². The predicted molar refractivity (Wildman–Crippen MR) is 48.2 cm³/mol. The van der Waals surface area contributed by atoms with E-state index in [1.165, 1.54) is 0 Å². The molecule has 0 saturated carbocycles. The first-order valence-electron chi connectivity index (χ1n) is 4.42. The van der Waals surface area contributed by atoms with Gasteiger partial charge in [-0.3, -0.25) is 9.97 Å². The lowest BCUT2D eigenvalue weighted by Crippen LogP contribution is -2.36. The molecule has 2 heterocycles. The van der Waals surface area contributed by atoms with E-state index in [4.69, 9.17) is 10.5 Å². The summed E-state index contributed by atoms with van der Waals surface area (Å²) in [5.74, 6) is 0. The Bertz CT molecular complexity index is 269. The Morgan fingerprint density at radius 2 is 2.46 bits per heavy atom. The molecule has 0 aliphatic carbocycles. The number of rotatable bonds is 2. The van der Waals surface area contributed by atoms with Crippen LogP contribution in [0.2, 0.25) is 0 Å². The van der Waals surface area contributed by atoms with Crippen molar-refractivity contribution < 1.29 is 4.74 Å². The summed E-state index contributed by atoms with van der Waals surface area (Å²) < 4.78 is 5.36. The van der Waals surface area contributed by atoms with Crippen molar-refractivity contribution in [2.45, 2.75) is 11.8 Å². The van der Waals surface area contributed by atoms with Crippen molar-refractivity contribution in [3.8, 4) is 0 Å². The molecule has 1 saturated heterocycles. The first-order chi connectivity index (χ1) is 6.37. The minimum Gasteiger partial charge on any atom is -0.380 e. The Morgan fingerprint density at radius 3 is 3.00 bits per heavy atom. The molecule has 1 unspecified atom stereocenters. The van der Waals surface area contributed by atoms with Crippen molar-refractivity contribution in [1.29, 1.82) is 0 Å². The molecule has 1 atom stereocenters. The smallest absolute Gasteiger partial charge is 0.0684 e. The summed E-state index contributed by atoms with van der Waals surface area (Å²) in [7, 11) is 0. The third-order valence-corrected chi connectivity index (χ3v) is 2.60. The van der Waals surface area contributed by atoms with E-state index < -0.39 is 0 Å². The van der Waals surface area contributed by atoms with Gasteiger partial charge in [0.05, 0.1) is 17.7 Å². The minimum absolute atomic E-state index is 0.0890. The molecule has 1 aliphatic heterocycles. The van der Waals surface area contributed by atoms with E-state index >= 15 is 0 Å². The van der Waals surface area contributed by atoms with Crippen LogP contribution in [0.4, 0.5) is 0 Å². The summed E-state index contributed by atoms with van der Waals surface area (Å²) in [6.45, 7) is 2.02. The van der Waals surface area contributed by atoms with Crippen molar-refractivity contribution in [2.24, 2.45) is 5.73 Å². The van der Waals surface area contributed by atoms with Gasteiger partial charge in [0.1, 0.15) is 0 Å². The molecule has 4 heteroatoms.